The van der Waals surface area contributed by atoms with E-state index < -0.39 is 17.2 Å². The van der Waals surface area contributed by atoms with Gasteiger partial charge in [-0.3, -0.25) is 19.3 Å². The number of rotatable bonds is 1. The van der Waals surface area contributed by atoms with E-state index in [1.165, 1.54) is 18.3 Å². The molecule has 168 valence electrons. The van der Waals surface area contributed by atoms with Crippen LogP contribution in [0.25, 0.3) is 0 Å². The van der Waals surface area contributed by atoms with E-state index in [9.17, 15) is 14.7 Å². The molecule has 3 aromatic rings. The van der Waals surface area contributed by atoms with Crippen LogP contribution in [0.5, 0.6) is 5.75 Å². The van der Waals surface area contributed by atoms with Gasteiger partial charge < -0.3 is 10.0 Å². The molecule has 6 rings (SSSR count). The molecule has 0 spiro atoms. The second kappa shape index (κ2) is 7.66. The van der Waals surface area contributed by atoms with Crippen LogP contribution >= 0.6 is 11.8 Å². The van der Waals surface area contributed by atoms with Gasteiger partial charge in [0.05, 0.1) is 0 Å². The molecule has 0 aliphatic carbocycles. The highest BCUT2D eigenvalue weighted by Gasteiger charge is 2.45. The summed E-state index contributed by atoms with van der Waals surface area (Å²) >= 11 is 1.66. The summed E-state index contributed by atoms with van der Waals surface area (Å²) in [5.41, 5.74) is 1.74. The Morgan fingerprint density at radius 3 is 2.76 bits per heavy atom. The zero-order valence-corrected chi connectivity index (χ0v) is 18.6. The first kappa shape index (κ1) is 20.4. The number of carbonyl (C=O) groups is 1. The van der Waals surface area contributed by atoms with Crippen molar-refractivity contribution in [3.05, 3.63) is 93.2 Å². The second-order valence-corrected chi connectivity index (χ2v) is 9.64. The number of aromatic hydroxyl groups is 1. The second-order valence-electron chi connectivity index (χ2n) is 8.62. The van der Waals surface area contributed by atoms with E-state index in [1.54, 1.807) is 27.4 Å². The molecule has 1 fully saturated rings. The molecule has 0 bridgehead atoms. The molecule has 1 N–H and O–H groups in total. The fourth-order valence-electron chi connectivity index (χ4n) is 5.35. The average Bonchev–Trinajstić information content (AvgIpc) is 3.00. The quantitative estimate of drug-likeness (QED) is 0.591. The van der Waals surface area contributed by atoms with E-state index in [0.29, 0.717) is 24.3 Å². The SMILES string of the molecule is O=C1c2c(O)c(=O)ccn2N([C@@H]2c3ccccc3SCc3cccc(F)c32)C2CCCCN12. The van der Waals surface area contributed by atoms with Crippen LogP contribution in [-0.4, -0.2) is 33.3 Å². The summed E-state index contributed by atoms with van der Waals surface area (Å²) < 4.78 is 17.1. The number of carbonyl (C=O) groups excluding carboxylic acids is 1. The Morgan fingerprint density at radius 2 is 1.88 bits per heavy atom. The molecule has 4 heterocycles. The van der Waals surface area contributed by atoms with Gasteiger partial charge in [0.15, 0.2) is 11.4 Å². The molecule has 2 atom stereocenters. The lowest BCUT2D eigenvalue weighted by Crippen LogP contribution is -2.63. The third-order valence-corrected chi connectivity index (χ3v) is 7.96. The van der Waals surface area contributed by atoms with E-state index in [4.69, 9.17) is 0 Å². The highest BCUT2D eigenvalue weighted by molar-refractivity contribution is 7.98. The predicted octanol–water partition coefficient (Wildman–Crippen LogP) is 3.99. The minimum absolute atomic E-state index is 0.0621. The molecule has 1 unspecified atom stereocenters. The molecule has 6 nitrogen and oxygen atoms in total. The highest BCUT2D eigenvalue weighted by Crippen LogP contribution is 2.45. The van der Waals surface area contributed by atoms with Crippen molar-refractivity contribution >= 4 is 17.7 Å². The minimum Gasteiger partial charge on any atom is -0.502 e. The first-order valence-electron chi connectivity index (χ1n) is 11.1. The van der Waals surface area contributed by atoms with Crippen molar-refractivity contribution in [2.75, 3.05) is 11.6 Å². The lowest BCUT2D eigenvalue weighted by molar-refractivity contribution is 0.0461. The maximum absolute atomic E-state index is 15.5. The van der Waals surface area contributed by atoms with Gasteiger partial charge in [-0.25, -0.2) is 4.39 Å². The maximum atomic E-state index is 15.5. The largest absolute Gasteiger partial charge is 0.502 e. The predicted molar refractivity (Wildman–Crippen MR) is 124 cm³/mol. The summed E-state index contributed by atoms with van der Waals surface area (Å²) in [6, 6.07) is 13.8. The molecule has 1 aromatic heterocycles. The number of nitrogens with zero attached hydrogens (tertiary/aromatic N) is 3. The molecule has 3 aliphatic heterocycles. The first-order chi connectivity index (χ1) is 16.1. The molecular formula is C25H22FN3O3S. The van der Waals surface area contributed by atoms with Gasteiger partial charge in [0.2, 0.25) is 5.43 Å². The number of pyridine rings is 1. The van der Waals surface area contributed by atoms with Crippen molar-refractivity contribution in [3.8, 4) is 5.75 Å². The molecule has 1 saturated heterocycles. The number of benzene rings is 2. The normalized spacial score (nSPS) is 21.5. The standard InChI is InChI=1S/C25H22FN3O3S/c26-17-8-5-6-15-14-33-19-9-2-1-7-16(19)22(21(15)17)29-20-10-3-4-12-27(20)25(32)23-24(31)18(30)11-13-28(23)29/h1-2,5-9,11,13,20,22,31H,3-4,10,12,14H2/t20?,22-/m1/s1. The fourth-order valence-corrected chi connectivity index (χ4v) is 6.43. The Morgan fingerprint density at radius 1 is 1.03 bits per heavy atom. The van der Waals surface area contributed by atoms with Gasteiger partial charge in [0.25, 0.3) is 5.91 Å². The Bertz CT molecular complexity index is 1340. The van der Waals surface area contributed by atoms with Crippen molar-refractivity contribution < 1.29 is 14.3 Å². The van der Waals surface area contributed by atoms with E-state index in [0.717, 1.165) is 28.9 Å². The zero-order valence-electron chi connectivity index (χ0n) is 17.8. The molecule has 8 heteroatoms. The van der Waals surface area contributed by atoms with E-state index in [2.05, 4.69) is 0 Å². The number of thioether (sulfide) groups is 1. The molecular weight excluding hydrogens is 441 g/mol. The van der Waals surface area contributed by atoms with Gasteiger partial charge in [-0.05, 0) is 42.5 Å². The Balaban J connectivity index is 1.68. The molecule has 1 amide bonds. The monoisotopic (exact) mass is 463 g/mol. The average molecular weight is 464 g/mol. The number of hydrogen-bond donors (Lipinski definition) is 1. The van der Waals surface area contributed by atoms with E-state index in [1.807, 2.05) is 35.3 Å². The third-order valence-electron chi connectivity index (χ3n) is 6.82. The van der Waals surface area contributed by atoms with Crippen LogP contribution in [0, 0.1) is 5.82 Å². The zero-order chi connectivity index (χ0) is 22.7. The Kier molecular flexibility index (Phi) is 4.72. The molecule has 3 aliphatic rings. The van der Waals surface area contributed by atoms with Gasteiger partial charge >= 0.3 is 0 Å². The molecule has 0 saturated carbocycles. The molecule has 0 radical (unpaired) electrons. The maximum Gasteiger partial charge on any atom is 0.278 e. The third kappa shape index (κ3) is 3.00. The number of hydrogen-bond acceptors (Lipinski definition) is 5. The summed E-state index contributed by atoms with van der Waals surface area (Å²) in [5.74, 6) is -0.608. The van der Waals surface area contributed by atoms with Crippen molar-refractivity contribution in [3.63, 3.8) is 0 Å². The van der Waals surface area contributed by atoms with Gasteiger partial charge in [0, 0.05) is 35.0 Å². The van der Waals surface area contributed by atoms with Crippen molar-refractivity contribution in [1.29, 1.82) is 0 Å². The van der Waals surface area contributed by atoms with Gasteiger partial charge in [-0.15, -0.1) is 11.8 Å². The Hall–Kier alpha value is -3.26. The fraction of sp³-hybridized carbons (Fsp3) is 0.280. The summed E-state index contributed by atoms with van der Waals surface area (Å²) in [7, 11) is 0. The van der Waals surface area contributed by atoms with Gasteiger partial charge in [0.1, 0.15) is 18.0 Å². The topological polar surface area (TPSA) is 65.8 Å². The van der Waals surface area contributed by atoms with Crippen LogP contribution in [0.1, 0.15) is 52.5 Å². The minimum atomic E-state index is -0.603. The highest BCUT2D eigenvalue weighted by atomic mass is 32.2. The summed E-state index contributed by atoms with van der Waals surface area (Å²) in [6.45, 7) is 0.524. The number of piperidine rings is 1. The van der Waals surface area contributed by atoms with E-state index in [-0.39, 0.29) is 23.6 Å². The van der Waals surface area contributed by atoms with Crippen molar-refractivity contribution in [2.24, 2.45) is 0 Å². The summed E-state index contributed by atoms with van der Waals surface area (Å²) in [5, 5.41) is 12.6. The van der Waals surface area contributed by atoms with Crippen molar-refractivity contribution in [2.45, 2.75) is 42.1 Å². The van der Waals surface area contributed by atoms with Crippen molar-refractivity contribution in [1.82, 2.24) is 9.58 Å². The Labute approximate surface area is 194 Å². The van der Waals surface area contributed by atoms with Crippen LogP contribution in [0.4, 0.5) is 4.39 Å². The van der Waals surface area contributed by atoms with Crippen LogP contribution in [0.3, 0.4) is 0 Å². The van der Waals surface area contributed by atoms with Gasteiger partial charge in [-0.1, -0.05) is 30.3 Å². The van der Waals surface area contributed by atoms with Crippen LogP contribution < -0.4 is 10.4 Å². The van der Waals surface area contributed by atoms with Gasteiger partial charge in [-0.2, -0.15) is 0 Å². The number of fused-ring (bicyclic) bond motifs is 4. The number of halogens is 1. The lowest BCUT2D eigenvalue weighted by Gasteiger charge is -2.51. The molecule has 33 heavy (non-hydrogen) atoms. The number of amides is 1. The summed E-state index contributed by atoms with van der Waals surface area (Å²) in [6.07, 6.45) is 3.69. The van der Waals surface area contributed by atoms with Crippen LogP contribution in [0.2, 0.25) is 0 Å². The molecule has 2 aromatic carbocycles. The lowest BCUT2D eigenvalue weighted by atomic mass is 9.92. The van der Waals surface area contributed by atoms with Crippen LogP contribution in [-0.2, 0) is 5.75 Å². The summed E-state index contributed by atoms with van der Waals surface area (Å²) in [4.78, 5) is 28.4. The van der Waals surface area contributed by atoms with E-state index >= 15 is 4.39 Å². The first-order valence-corrected chi connectivity index (χ1v) is 12.1. The smallest absolute Gasteiger partial charge is 0.278 e. The number of aromatic nitrogens is 1. The van der Waals surface area contributed by atoms with Crippen LogP contribution in [0.15, 0.2) is 64.4 Å².